The molecule has 0 spiro atoms. The Morgan fingerprint density at radius 3 is 2.88 bits per heavy atom. The zero-order valence-electron chi connectivity index (χ0n) is 14.5. The van der Waals surface area contributed by atoms with Crippen molar-refractivity contribution in [1.82, 2.24) is 5.32 Å². The van der Waals surface area contributed by atoms with Gasteiger partial charge >= 0.3 is 0 Å². The van der Waals surface area contributed by atoms with Crippen LogP contribution in [0.2, 0.25) is 0 Å². The highest BCUT2D eigenvalue weighted by atomic mass is 19.1. The fourth-order valence-corrected chi connectivity index (χ4v) is 2.62. The van der Waals surface area contributed by atoms with Gasteiger partial charge in [0.05, 0.1) is 12.6 Å². The Hall–Kier alpha value is -2.80. The topological polar surface area (TPSA) is 82.8 Å². The van der Waals surface area contributed by atoms with Crippen LogP contribution in [0.4, 0.5) is 4.39 Å². The number of nitrogens with one attached hydrogen (secondary N) is 1. The number of ether oxygens (including phenoxy) is 3. The van der Waals surface area contributed by atoms with E-state index in [0.717, 1.165) is 11.1 Å². The normalized spacial score (nSPS) is 13.5. The lowest BCUT2D eigenvalue weighted by molar-refractivity contribution is -0.119. The maximum atomic E-state index is 13.2. The fraction of sp³-hybridized carbons (Fsp3) is 0.316. The first-order valence-corrected chi connectivity index (χ1v) is 8.36. The van der Waals surface area contributed by atoms with Crippen LogP contribution in [0, 0.1) is 5.82 Å². The molecule has 0 fully saturated rings. The summed E-state index contributed by atoms with van der Waals surface area (Å²) in [5.74, 6) is 1.02. The molecule has 1 aliphatic rings. The minimum Gasteiger partial charge on any atom is -0.489 e. The van der Waals surface area contributed by atoms with E-state index in [1.165, 1.54) is 12.1 Å². The van der Waals surface area contributed by atoms with Crippen LogP contribution in [0.3, 0.4) is 0 Å². The van der Waals surface area contributed by atoms with E-state index in [4.69, 9.17) is 19.9 Å². The maximum Gasteiger partial charge on any atom is 0.234 e. The highest BCUT2D eigenvalue weighted by molar-refractivity contribution is 5.79. The lowest BCUT2D eigenvalue weighted by Gasteiger charge is -2.14. The molecule has 3 rings (SSSR count). The Balaban J connectivity index is 1.64. The van der Waals surface area contributed by atoms with Gasteiger partial charge in [-0.3, -0.25) is 4.79 Å². The highest BCUT2D eigenvalue weighted by Gasteiger charge is 2.23. The van der Waals surface area contributed by atoms with Crippen LogP contribution in [0.25, 0.3) is 0 Å². The van der Waals surface area contributed by atoms with E-state index < -0.39 is 11.9 Å². The second kappa shape index (κ2) is 8.05. The Labute approximate surface area is 151 Å². The first-order chi connectivity index (χ1) is 12.5. The molecule has 0 radical (unpaired) electrons. The smallest absolute Gasteiger partial charge is 0.234 e. The molecule has 0 unspecified atom stereocenters. The Morgan fingerprint density at radius 2 is 2.12 bits per heavy atom. The molecule has 0 aliphatic carbocycles. The average molecular weight is 360 g/mol. The van der Waals surface area contributed by atoms with E-state index in [9.17, 15) is 9.18 Å². The van der Waals surface area contributed by atoms with E-state index in [-0.39, 0.29) is 12.6 Å². The number of hydrogen-bond donors (Lipinski definition) is 2. The van der Waals surface area contributed by atoms with Crippen LogP contribution in [0.5, 0.6) is 17.2 Å². The van der Waals surface area contributed by atoms with Gasteiger partial charge in [0.1, 0.15) is 5.82 Å². The molecule has 0 bridgehead atoms. The number of nitrogens with two attached hydrogens (primary N) is 1. The van der Waals surface area contributed by atoms with Crippen molar-refractivity contribution in [2.75, 3.05) is 13.4 Å². The first kappa shape index (κ1) is 18.0. The lowest BCUT2D eigenvalue weighted by Crippen LogP contribution is -2.38. The molecule has 2 aromatic carbocycles. The molecule has 26 heavy (non-hydrogen) atoms. The van der Waals surface area contributed by atoms with Crippen molar-refractivity contribution in [3.63, 3.8) is 0 Å². The van der Waals surface area contributed by atoms with E-state index in [1.807, 2.05) is 12.1 Å². The molecule has 7 heteroatoms. The van der Waals surface area contributed by atoms with Crippen molar-refractivity contribution < 1.29 is 23.4 Å². The zero-order chi connectivity index (χ0) is 18.5. The molecule has 0 saturated heterocycles. The summed E-state index contributed by atoms with van der Waals surface area (Å²) in [5.41, 5.74) is 6.96. The number of carbonyl (C=O) groups is 1. The molecule has 6 nitrogen and oxygen atoms in total. The number of hydrogen-bond acceptors (Lipinski definition) is 5. The first-order valence-electron chi connectivity index (χ1n) is 8.36. The molecule has 0 aromatic heterocycles. The molecule has 1 amide bonds. The van der Waals surface area contributed by atoms with Gasteiger partial charge in [-0.05, 0) is 30.7 Å². The summed E-state index contributed by atoms with van der Waals surface area (Å²) < 4.78 is 30.1. The summed E-state index contributed by atoms with van der Waals surface area (Å²) in [6, 6.07) is 9.63. The predicted molar refractivity (Wildman–Crippen MR) is 93.7 cm³/mol. The summed E-state index contributed by atoms with van der Waals surface area (Å²) in [6.07, 6.45) is 0.576. The summed E-state index contributed by atoms with van der Waals surface area (Å²) in [7, 11) is 0. The number of halogens is 1. The van der Waals surface area contributed by atoms with E-state index in [2.05, 4.69) is 5.32 Å². The van der Waals surface area contributed by atoms with Crippen molar-refractivity contribution in [1.29, 1.82) is 0 Å². The molecule has 0 saturated carbocycles. The van der Waals surface area contributed by atoms with Gasteiger partial charge in [0, 0.05) is 18.5 Å². The number of carbonyl (C=O) groups excluding carboxylic acids is 1. The monoisotopic (exact) mass is 360 g/mol. The van der Waals surface area contributed by atoms with Crippen LogP contribution >= 0.6 is 0 Å². The highest BCUT2D eigenvalue weighted by Crippen LogP contribution is 2.43. The average Bonchev–Trinajstić information content (AvgIpc) is 3.10. The molecule has 138 valence electrons. The van der Waals surface area contributed by atoms with Gasteiger partial charge in [0.25, 0.3) is 0 Å². The Kier molecular flexibility index (Phi) is 5.58. The third kappa shape index (κ3) is 4.23. The molecule has 1 atom stereocenters. The number of primary amides is 1. The van der Waals surface area contributed by atoms with Crippen molar-refractivity contribution in [2.45, 2.75) is 25.9 Å². The quantitative estimate of drug-likeness (QED) is 0.754. The third-order valence-electron chi connectivity index (χ3n) is 4.13. The molecular formula is C19H21FN2O4. The third-order valence-corrected chi connectivity index (χ3v) is 4.13. The van der Waals surface area contributed by atoms with Crippen LogP contribution < -0.4 is 25.3 Å². The van der Waals surface area contributed by atoms with Crippen molar-refractivity contribution in [3.8, 4) is 17.2 Å². The number of amides is 1. The predicted octanol–water partition coefficient (Wildman–Crippen LogP) is 2.14. The van der Waals surface area contributed by atoms with Gasteiger partial charge in [0.15, 0.2) is 11.5 Å². The van der Waals surface area contributed by atoms with Crippen LogP contribution in [-0.2, 0) is 17.8 Å². The molecular weight excluding hydrogens is 339 g/mol. The minimum atomic E-state index is -0.449. The summed E-state index contributed by atoms with van der Waals surface area (Å²) in [5, 5.41) is 3.03. The van der Waals surface area contributed by atoms with Crippen LogP contribution in [0.15, 0.2) is 36.4 Å². The largest absolute Gasteiger partial charge is 0.489 e. The van der Waals surface area contributed by atoms with Gasteiger partial charge in [-0.15, -0.1) is 0 Å². The SMILES string of the molecule is C[C@H](NCc1ccc(OCCc2cccc(F)c2)c2c1OCO2)C(N)=O. The van der Waals surface area contributed by atoms with Crippen LogP contribution in [-0.4, -0.2) is 25.3 Å². The van der Waals surface area contributed by atoms with Gasteiger partial charge in [-0.2, -0.15) is 0 Å². The lowest BCUT2D eigenvalue weighted by atomic mass is 10.1. The summed E-state index contributed by atoms with van der Waals surface area (Å²) in [6.45, 7) is 2.61. The Morgan fingerprint density at radius 1 is 1.31 bits per heavy atom. The van der Waals surface area contributed by atoms with Gasteiger partial charge in [0.2, 0.25) is 18.4 Å². The fourth-order valence-electron chi connectivity index (χ4n) is 2.62. The molecule has 2 aromatic rings. The second-order valence-electron chi connectivity index (χ2n) is 6.02. The van der Waals surface area contributed by atoms with E-state index in [0.29, 0.717) is 36.8 Å². The second-order valence-corrected chi connectivity index (χ2v) is 6.02. The molecule has 1 aliphatic heterocycles. The number of benzene rings is 2. The maximum absolute atomic E-state index is 13.2. The number of rotatable bonds is 8. The van der Waals surface area contributed by atoms with Crippen LogP contribution in [0.1, 0.15) is 18.1 Å². The summed E-state index contributed by atoms with van der Waals surface area (Å²) in [4.78, 5) is 11.1. The van der Waals surface area contributed by atoms with Gasteiger partial charge < -0.3 is 25.3 Å². The Bertz CT molecular complexity index is 797. The standard InChI is InChI=1S/C19H21FN2O4/c1-12(19(21)23)22-10-14-5-6-16(18-17(14)25-11-26-18)24-8-7-13-3-2-4-15(20)9-13/h2-6,9,12,22H,7-8,10-11H2,1H3,(H2,21,23)/t12-/m0/s1. The molecule has 3 N–H and O–H groups in total. The minimum absolute atomic E-state index is 0.109. The van der Waals surface area contributed by atoms with Crippen molar-refractivity contribution >= 4 is 5.91 Å². The van der Waals surface area contributed by atoms with Gasteiger partial charge in [-0.1, -0.05) is 18.2 Å². The van der Waals surface area contributed by atoms with Crippen molar-refractivity contribution in [2.24, 2.45) is 5.73 Å². The molecule has 1 heterocycles. The van der Waals surface area contributed by atoms with Gasteiger partial charge in [-0.25, -0.2) is 4.39 Å². The van der Waals surface area contributed by atoms with Crippen molar-refractivity contribution in [3.05, 3.63) is 53.3 Å². The summed E-state index contributed by atoms with van der Waals surface area (Å²) >= 11 is 0. The zero-order valence-corrected chi connectivity index (χ0v) is 14.5. The number of fused-ring (bicyclic) bond motifs is 1. The van der Waals surface area contributed by atoms with E-state index >= 15 is 0 Å². The van der Waals surface area contributed by atoms with E-state index in [1.54, 1.807) is 19.1 Å².